The monoisotopic (exact) mass is 351 g/mol. The molecule has 3 N–H and O–H groups in total. The smallest absolute Gasteiger partial charge is 0.317 e. The van der Waals surface area contributed by atoms with Crippen molar-refractivity contribution in [3.8, 4) is 0 Å². The maximum atomic E-state index is 12.4. The molecule has 0 spiro atoms. The summed E-state index contributed by atoms with van der Waals surface area (Å²) in [6.45, 7) is 2.83. The van der Waals surface area contributed by atoms with E-state index in [0.29, 0.717) is 13.1 Å². The number of piperidine rings is 1. The molecule has 0 aliphatic carbocycles. The van der Waals surface area contributed by atoms with Crippen molar-refractivity contribution < 1.29 is 4.79 Å². The van der Waals surface area contributed by atoms with Gasteiger partial charge in [-0.25, -0.2) is 4.79 Å². The van der Waals surface area contributed by atoms with Crippen LogP contribution in [0.2, 0.25) is 0 Å². The van der Waals surface area contributed by atoms with E-state index in [1.807, 2.05) is 29.2 Å². The normalized spacial score (nSPS) is 15.0. The van der Waals surface area contributed by atoms with Crippen LogP contribution in [-0.2, 0) is 19.5 Å². The molecule has 1 heterocycles. The second-order valence-corrected chi connectivity index (χ2v) is 7.13. The van der Waals surface area contributed by atoms with Gasteiger partial charge in [-0.2, -0.15) is 0 Å². The van der Waals surface area contributed by atoms with E-state index in [-0.39, 0.29) is 6.03 Å². The van der Waals surface area contributed by atoms with Gasteiger partial charge in [0, 0.05) is 26.2 Å². The van der Waals surface area contributed by atoms with E-state index in [9.17, 15) is 4.79 Å². The third-order valence-electron chi connectivity index (χ3n) is 5.29. The van der Waals surface area contributed by atoms with Gasteiger partial charge in [0.25, 0.3) is 0 Å². The van der Waals surface area contributed by atoms with E-state index < -0.39 is 0 Å². The van der Waals surface area contributed by atoms with Crippen molar-refractivity contribution in [1.29, 1.82) is 0 Å². The molecule has 0 radical (unpaired) electrons. The Morgan fingerprint density at radius 2 is 1.62 bits per heavy atom. The molecule has 4 heteroatoms. The Bertz CT molecular complexity index is 676. The quantitative estimate of drug-likeness (QED) is 0.834. The minimum absolute atomic E-state index is 0.0504. The molecule has 0 unspecified atom stereocenters. The molecule has 1 fully saturated rings. The zero-order chi connectivity index (χ0) is 18.2. The summed E-state index contributed by atoms with van der Waals surface area (Å²) in [7, 11) is 0. The maximum Gasteiger partial charge on any atom is 0.317 e. The highest BCUT2D eigenvalue weighted by Gasteiger charge is 2.22. The van der Waals surface area contributed by atoms with Crippen LogP contribution in [0.4, 0.5) is 4.79 Å². The predicted molar refractivity (Wildman–Crippen MR) is 106 cm³/mol. The molecule has 2 aromatic rings. The number of nitrogens with zero attached hydrogens (tertiary/aromatic N) is 1. The lowest BCUT2D eigenvalue weighted by molar-refractivity contribution is 0.168. The molecule has 138 valence electrons. The van der Waals surface area contributed by atoms with Gasteiger partial charge in [-0.05, 0) is 48.3 Å². The first-order valence-corrected chi connectivity index (χ1v) is 9.59. The molecular weight excluding hydrogens is 322 g/mol. The average Bonchev–Trinajstić information content (AvgIpc) is 2.72. The van der Waals surface area contributed by atoms with Crippen molar-refractivity contribution in [1.82, 2.24) is 10.2 Å². The molecule has 3 rings (SSSR count). The number of urea groups is 1. The van der Waals surface area contributed by atoms with Crippen LogP contribution in [0.5, 0.6) is 0 Å². The summed E-state index contributed by atoms with van der Waals surface area (Å²) < 4.78 is 0. The minimum Gasteiger partial charge on any atom is -0.334 e. The second-order valence-electron chi connectivity index (χ2n) is 7.13. The van der Waals surface area contributed by atoms with Crippen molar-refractivity contribution in [3.63, 3.8) is 0 Å². The summed E-state index contributed by atoms with van der Waals surface area (Å²) in [5, 5.41) is 3.03. The molecule has 1 saturated heterocycles. The average molecular weight is 351 g/mol. The largest absolute Gasteiger partial charge is 0.334 e. The van der Waals surface area contributed by atoms with Gasteiger partial charge >= 0.3 is 6.03 Å². The van der Waals surface area contributed by atoms with Gasteiger partial charge in [-0.1, -0.05) is 54.6 Å². The van der Waals surface area contributed by atoms with Crippen LogP contribution in [0.1, 0.15) is 36.0 Å². The molecule has 0 saturated carbocycles. The zero-order valence-electron chi connectivity index (χ0n) is 15.4. The van der Waals surface area contributed by atoms with Crippen molar-refractivity contribution in [3.05, 3.63) is 71.3 Å². The van der Waals surface area contributed by atoms with E-state index in [1.165, 1.54) is 12.0 Å². The van der Waals surface area contributed by atoms with Gasteiger partial charge in [-0.15, -0.1) is 0 Å². The van der Waals surface area contributed by atoms with Crippen LogP contribution >= 0.6 is 0 Å². The van der Waals surface area contributed by atoms with E-state index in [0.717, 1.165) is 49.4 Å². The number of amides is 2. The molecule has 0 aromatic heterocycles. The highest BCUT2D eigenvalue weighted by Crippen LogP contribution is 2.22. The lowest BCUT2D eigenvalue weighted by Crippen LogP contribution is -2.44. The molecule has 4 nitrogen and oxygen atoms in total. The number of carbonyl (C=O) groups excluding carboxylic acids is 1. The fourth-order valence-electron chi connectivity index (χ4n) is 3.52. The van der Waals surface area contributed by atoms with E-state index in [4.69, 9.17) is 5.73 Å². The number of carbonyl (C=O) groups is 1. The number of likely N-dealkylation sites (tertiary alicyclic amines) is 1. The van der Waals surface area contributed by atoms with Gasteiger partial charge in [-0.3, -0.25) is 0 Å². The summed E-state index contributed by atoms with van der Waals surface area (Å²) in [5.74, 6) is 0.725. The number of aryl methyl sites for hydroxylation is 1. The SMILES string of the molecule is NCc1ccc(CNC(=O)N2CCC(CCc3ccccc3)CC2)cc1. The summed E-state index contributed by atoms with van der Waals surface area (Å²) in [6, 6.07) is 18.8. The van der Waals surface area contributed by atoms with Gasteiger partial charge in [0.1, 0.15) is 0 Å². The number of rotatable bonds is 6. The fraction of sp³-hybridized carbons (Fsp3) is 0.409. The standard InChI is InChI=1S/C22H29N3O/c23-16-20-8-10-21(11-9-20)17-24-22(26)25-14-12-19(13-15-25)7-6-18-4-2-1-3-5-18/h1-5,8-11,19H,6-7,12-17,23H2,(H,24,26). The molecular formula is C22H29N3O. The fourth-order valence-corrected chi connectivity index (χ4v) is 3.52. The van der Waals surface area contributed by atoms with Crippen molar-refractivity contribution in [2.45, 2.75) is 38.8 Å². The van der Waals surface area contributed by atoms with Crippen LogP contribution < -0.4 is 11.1 Å². The third-order valence-corrected chi connectivity index (χ3v) is 5.29. The Labute approximate surface area is 156 Å². The van der Waals surface area contributed by atoms with Crippen LogP contribution in [0.25, 0.3) is 0 Å². The van der Waals surface area contributed by atoms with Crippen LogP contribution in [0.3, 0.4) is 0 Å². The van der Waals surface area contributed by atoms with Gasteiger partial charge in [0.2, 0.25) is 0 Å². The topological polar surface area (TPSA) is 58.4 Å². The van der Waals surface area contributed by atoms with Crippen LogP contribution in [0, 0.1) is 5.92 Å². The Balaban J connectivity index is 1.37. The summed E-state index contributed by atoms with van der Waals surface area (Å²) >= 11 is 0. The third kappa shape index (κ3) is 5.33. The minimum atomic E-state index is 0.0504. The first-order valence-electron chi connectivity index (χ1n) is 9.59. The molecule has 1 aliphatic heterocycles. The number of hydrogen-bond donors (Lipinski definition) is 2. The molecule has 0 atom stereocenters. The number of hydrogen-bond acceptors (Lipinski definition) is 2. The Morgan fingerprint density at radius 3 is 2.27 bits per heavy atom. The van der Waals surface area contributed by atoms with E-state index >= 15 is 0 Å². The molecule has 2 amide bonds. The first kappa shape index (κ1) is 18.5. The lowest BCUT2D eigenvalue weighted by Gasteiger charge is -2.32. The van der Waals surface area contributed by atoms with Crippen LogP contribution in [0.15, 0.2) is 54.6 Å². The second kappa shape index (κ2) is 9.39. The zero-order valence-corrected chi connectivity index (χ0v) is 15.4. The van der Waals surface area contributed by atoms with E-state index in [2.05, 4.69) is 35.6 Å². The van der Waals surface area contributed by atoms with Crippen molar-refractivity contribution in [2.75, 3.05) is 13.1 Å². The summed E-state index contributed by atoms with van der Waals surface area (Å²) in [5.41, 5.74) is 9.23. The first-order chi connectivity index (χ1) is 12.7. The lowest BCUT2D eigenvalue weighted by atomic mass is 9.90. The maximum absolute atomic E-state index is 12.4. The Hall–Kier alpha value is -2.33. The van der Waals surface area contributed by atoms with Crippen molar-refractivity contribution in [2.24, 2.45) is 11.7 Å². The molecule has 2 aromatic carbocycles. The Kier molecular flexibility index (Phi) is 6.67. The molecule has 26 heavy (non-hydrogen) atoms. The highest BCUT2D eigenvalue weighted by molar-refractivity contribution is 5.74. The van der Waals surface area contributed by atoms with Gasteiger partial charge < -0.3 is 16.0 Å². The summed E-state index contributed by atoms with van der Waals surface area (Å²) in [6.07, 6.45) is 4.56. The Morgan fingerprint density at radius 1 is 0.962 bits per heavy atom. The van der Waals surface area contributed by atoms with E-state index in [1.54, 1.807) is 0 Å². The van der Waals surface area contributed by atoms with Crippen molar-refractivity contribution >= 4 is 6.03 Å². The number of nitrogens with two attached hydrogens (primary N) is 1. The molecule has 1 aliphatic rings. The predicted octanol–water partition coefficient (Wildman–Crippen LogP) is 3.70. The van der Waals surface area contributed by atoms with Crippen LogP contribution in [-0.4, -0.2) is 24.0 Å². The number of nitrogens with one attached hydrogen (secondary N) is 1. The van der Waals surface area contributed by atoms with Gasteiger partial charge in [0.05, 0.1) is 0 Å². The number of benzene rings is 2. The van der Waals surface area contributed by atoms with Gasteiger partial charge in [0.15, 0.2) is 0 Å². The summed E-state index contributed by atoms with van der Waals surface area (Å²) in [4.78, 5) is 14.3. The molecule has 0 bridgehead atoms. The highest BCUT2D eigenvalue weighted by atomic mass is 16.2.